The number of carbonyl (C=O) groups excluding carboxylic acids is 1. The second kappa shape index (κ2) is 3.48. The SMILES string of the molecule is CC(C)(C)OC(=O)NC1C[C@@H]1C(=O)O. The van der Waals surface area contributed by atoms with Gasteiger partial charge in [-0.2, -0.15) is 0 Å². The molecule has 0 bridgehead atoms. The number of nitrogens with one attached hydrogen (secondary N) is 1. The van der Waals surface area contributed by atoms with Crippen LogP contribution in [0.15, 0.2) is 0 Å². The normalized spacial score (nSPS) is 25.4. The number of ether oxygens (including phenoxy) is 1. The maximum absolute atomic E-state index is 11.2. The highest BCUT2D eigenvalue weighted by molar-refractivity contribution is 5.77. The lowest BCUT2D eigenvalue weighted by Gasteiger charge is -2.19. The Morgan fingerprint density at radius 1 is 1.43 bits per heavy atom. The molecular formula is C9H15NO4. The molecule has 1 saturated carbocycles. The molecule has 1 aliphatic rings. The maximum atomic E-state index is 11.2. The highest BCUT2D eigenvalue weighted by atomic mass is 16.6. The molecule has 0 radical (unpaired) electrons. The van der Waals surface area contributed by atoms with E-state index in [-0.39, 0.29) is 6.04 Å². The minimum atomic E-state index is -0.869. The lowest BCUT2D eigenvalue weighted by atomic mass is 10.2. The van der Waals surface area contributed by atoms with Crippen molar-refractivity contribution in [3.63, 3.8) is 0 Å². The van der Waals surface area contributed by atoms with Gasteiger partial charge < -0.3 is 15.2 Å². The van der Waals surface area contributed by atoms with E-state index in [2.05, 4.69) is 5.32 Å². The van der Waals surface area contributed by atoms with Crippen LogP contribution in [0.25, 0.3) is 0 Å². The predicted molar refractivity (Wildman–Crippen MR) is 48.9 cm³/mol. The van der Waals surface area contributed by atoms with E-state index in [0.29, 0.717) is 6.42 Å². The van der Waals surface area contributed by atoms with E-state index in [0.717, 1.165) is 0 Å². The van der Waals surface area contributed by atoms with Crippen molar-refractivity contribution in [2.45, 2.75) is 38.8 Å². The number of rotatable bonds is 2. The summed E-state index contributed by atoms with van der Waals surface area (Å²) in [6, 6.07) is -0.262. The van der Waals surface area contributed by atoms with Gasteiger partial charge in [0.05, 0.1) is 5.92 Å². The van der Waals surface area contributed by atoms with Gasteiger partial charge in [-0.05, 0) is 27.2 Å². The molecule has 0 saturated heterocycles. The summed E-state index contributed by atoms with van der Waals surface area (Å²) in [6.45, 7) is 5.27. The Bertz CT molecular complexity index is 256. The van der Waals surface area contributed by atoms with Gasteiger partial charge in [-0.3, -0.25) is 4.79 Å². The van der Waals surface area contributed by atoms with Crippen molar-refractivity contribution in [3.05, 3.63) is 0 Å². The molecule has 0 aromatic rings. The van der Waals surface area contributed by atoms with Crippen molar-refractivity contribution in [1.82, 2.24) is 5.32 Å². The third-order valence-corrected chi connectivity index (χ3v) is 1.81. The zero-order valence-electron chi connectivity index (χ0n) is 8.53. The summed E-state index contributed by atoms with van der Waals surface area (Å²) in [7, 11) is 0. The predicted octanol–water partition coefficient (Wildman–Crippen LogP) is 0.984. The highest BCUT2D eigenvalue weighted by Crippen LogP contribution is 2.30. The van der Waals surface area contributed by atoms with E-state index in [1.807, 2.05) is 0 Å². The molecule has 14 heavy (non-hydrogen) atoms. The number of amides is 1. The number of aliphatic carboxylic acids is 1. The second-order valence-corrected chi connectivity index (χ2v) is 4.43. The monoisotopic (exact) mass is 201 g/mol. The first-order chi connectivity index (χ1) is 6.29. The van der Waals surface area contributed by atoms with Crippen LogP contribution in [0, 0.1) is 5.92 Å². The van der Waals surface area contributed by atoms with Gasteiger partial charge in [-0.1, -0.05) is 0 Å². The zero-order chi connectivity index (χ0) is 10.9. The van der Waals surface area contributed by atoms with Crippen LogP contribution < -0.4 is 5.32 Å². The van der Waals surface area contributed by atoms with Crippen LogP contribution in [0.1, 0.15) is 27.2 Å². The van der Waals surface area contributed by atoms with E-state index in [1.54, 1.807) is 20.8 Å². The van der Waals surface area contributed by atoms with E-state index in [9.17, 15) is 9.59 Å². The summed E-state index contributed by atoms with van der Waals surface area (Å²) in [6.07, 6.45) is -0.0551. The summed E-state index contributed by atoms with van der Waals surface area (Å²) in [5.41, 5.74) is -0.544. The summed E-state index contributed by atoms with van der Waals surface area (Å²) in [5.74, 6) is -1.31. The third kappa shape index (κ3) is 3.24. The zero-order valence-corrected chi connectivity index (χ0v) is 8.53. The molecule has 0 spiro atoms. The fraction of sp³-hybridized carbons (Fsp3) is 0.778. The Kier molecular flexibility index (Phi) is 2.69. The quantitative estimate of drug-likeness (QED) is 0.698. The molecular weight excluding hydrogens is 186 g/mol. The fourth-order valence-electron chi connectivity index (χ4n) is 1.09. The second-order valence-electron chi connectivity index (χ2n) is 4.43. The van der Waals surface area contributed by atoms with Gasteiger partial charge in [0.15, 0.2) is 0 Å². The molecule has 5 nitrogen and oxygen atoms in total. The van der Waals surface area contributed by atoms with Crippen molar-refractivity contribution in [2.24, 2.45) is 5.92 Å². The topological polar surface area (TPSA) is 75.6 Å². The van der Waals surface area contributed by atoms with Gasteiger partial charge >= 0.3 is 12.1 Å². The van der Waals surface area contributed by atoms with Crippen LogP contribution in [0.2, 0.25) is 0 Å². The van der Waals surface area contributed by atoms with Crippen molar-refractivity contribution in [3.8, 4) is 0 Å². The van der Waals surface area contributed by atoms with E-state index in [4.69, 9.17) is 9.84 Å². The van der Waals surface area contributed by atoms with Crippen molar-refractivity contribution in [2.75, 3.05) is 0 Å². The maximum Gasteiger partial charge on any atom is 0.407 e. The van der Waals surface area contributed by atoms with Gasteiger partial charge in [0.2, 0.25) is 0 Å². The first-order valence-electron chi connectivity index (χ1n) is 4.52. The molecule has 2 atom stereocenters. The molecule has 1 unspecified atom stereocenters. The van der Waals surface area contributed by atoms with E-state index in [1.165, 1.54) is 0 Å². The number of alkyl carbamates (subject to hydrolysis) is 1. The minimum Gasteiger partial charge on any atom is -0.481 e. The Hall–Kier alpha value is -1.26. The molecule has 80 valence electrons. The average Bonchev–Trinajstić information content (AvgIpc) is 2.61. The smallest absolute Gasteiger partial charge is 0.407 e. The van der Waals surface area contributed by atoms with Crippen LogP contribution in [0.4, 0.5) is 4.79 Å². The average molecular weight is 201 g/mol. The first-order valence-corrected chi connectivity index (χ1v) is 4.52. The fourth-order valence-corrected chi connectivity index (χ4v) is 1.09. The molecule has 2 N–H and O–H groups in total. The Morgan fingerprint density at radius 2 is 2.00 bits per heavy atom. The summed E-state index contributed by atoms with van der Waals surface area (Å²) >= 11 is 0. The van der Waals surface area contributed by atoms with Crippen molar-refractivity contribution in [1.29, 1.82) is 0 Å². The molecule has 1 aliphatic carbocycles. The van der Waals surface area contributed by atoms with Crippen LogP contribution in [-0.2, 0) is 9.53 Å². The van der Waals surface area contributed by atoms with Gasteiger partial charge in [-0.15, -0.1) is 0 Å². The molecule has 0 aromatic carbocycles. The molecule has 1 rings (SSSR count). The lowest BCUT2D eigenvalue weighted by molar-refractivity contribution is -0.138. The Morgan fingerprint density at radius 3 is 2.36 bits per heavy atom. The summed E-state index contributed by atoms with van der Waals surface area (Å²) in [4.78, 5) is 21.6. The van der Waals surface area contributed by atoms with Crippen LogP contribution in [0.3, 0.4) is 0 Å². The molecule has 0 aliphatic heterocycles. The van der Waals surface area contributed by atoms with Gasteiger partial charge in [0.25, 0.3) is 0 Å². The molecule has 1 fully saturated rings. The van der Waals surface area contributed by atoms with Crippen molar-refractivity contribution >= 4 is 12.1 Å². The number of carboxylic acids is 1. The van der Waals surface area contributed by atoms with Crippen LogP contribution in [0.5, 0.6) is 0 Å². The minimum absolute atomic E-state index is 0.262. The number of hydrogen-bond donors (Lipinski definition) is 2. The summed E-state index contributed by atoms with van der Waals surface area (Å²) < 4.78 is 4.97. The molecule has 0 heterocycles. The number of hydrogen-bond acceptors (Lipinski definition) is 3. The number of carboxylic acid groups (broad SMARTS) is 1. The van der Waals surface area contributed by atoms with Crippen LogP contribution in [-0.4, -0.2) is 28.8 Å². The lowest BCUT2D eigenvalue weighted by Crippen LogP contribution is -2.34. The Balaban J connectivity index is 2.27. The summed E-state index contributed by atoms with van der Waals surface area (Å²) in [5, 5.41) is 11.1. The van der Waals surface area contributed by atoms with Crippen LogP contribution >= 0.6 is 0 Å². The number of carbonyl (C=O) groups is 2. The van der Waals surface area contributed by atoms with E-state index >= 15 is 0 Å². The largest absolute Gasteiger partial charge is 0.481 e. The van der Waals surface area contributed by atoms with Gasteiger partial charge in [0.1, 0.15) is 5.60 Å². The standard InChI is InChI=1S/C9H15NO4/c1-9(2,3)14-8(13)10-6-4-5(6)7(11)12/h5-6H,4H2,1-3H3,(H,10,13)(H,11,12)/t5-,6?/m0/s1. The Labute approximate surface area is 82.4 Å². The molecule has 5 heteroatoms. The third-order valence-electron chi connectivity index (χ3n) is 1.81. The van der Waals surface area contributed by atoms with E-state index < -0.39 is 23.6 Å². The van der Waals surface area contributed by atoms with Gasteiger partial charge in [0, 0.05) is 6.04 Å². The van der Waals surface area contributed by atoms with Gasteiger partial charge in [-0.25, -0.2) is 4.79 Å². The molecule has 0 aromatic heterocycles. The van der Waals surface area contributed by atoms with Crippen molar-refractivity contribution < 1.29 is 19.4 Å². The first kappa shape index (κ1) is 10.8. The highest BCUT2D eigenvalue weighted by Gasteiger charge is 2.44. The molecule has 1 amide bonds.